The second kappa shape index (κ2) is 15.3. The average molecular weight is 557 g/mol. The second-order valence-corrected chi connectivity index (χ2v) is 11.5. The molecule has 1 unspecified atom stereocenters. The van der Waals surface area contributed by atoms with Gasteiger partial charge in [-0.05, 0) is 83.9 Å². The Hall–Kier alpha value is -1.41. The van der Waals surface area contributed by atoms with Crippen LogP contribution in [-0.2, 0) is 30.2 Å². The van der Waals surface area contributed by atoms with Crippen LogP contribution in [0.25, 0.3) is 0 Å². The average Bonchev–Trinajstić information content (AvgIpc) is 3.03. The second-order valence-electron chi connectivity index (χ2n) is 10.7. The number of rotatable bonds is 13. The molecule has 10 heteroatoms. The number of hydrogen-bond donors (Lipinski definition) is 1. The Balaban J connectivity index is 0.00000217. The quantitative estimate of drug-likeness (QED) is 0.231. The number of halogens is 2. The van der Waals surface area contributed by atoms with Gasteiger partial charge >= 0.3 is 13.3 Å². The fourth-order valence-corrected chi connectivity index (χ4v) is 4.98. The number of carbonyl (C=O) groups is 1. The van der Waals surface area contributed by atoms with E-state index >= 15 is 0 Å². The van der Waals surface area contributed by atoms with Gasteiger partial charge in [-0.2, -0.15) is 9.59 Å². The highest BCUT2D eigenvalue weighted by molar-refractivity contribution is 6.45. The SMILES string of the molecule is CCC(CCCCB1OC(C)(C)C(C)(C)O1)(CCCNCc1ccc(Cl)c(Cl)c1)N(C)C(C)=O.O=C=O. The van der Waals surface area contributed by atoms with E-state index in [2.05, 4.69) is 39.9 Å². The highest BCUT2D eigenvalue weighted by Gasteiger charge is 2.50. The smallest absolute Gasteiger partial charge is 0.403 e. The highest BCUT2D eigenvalue weighted by Crippen LogP contribution is 2.38. The number of carbonyl (C=O) groups excluding carboxylic acids is 3. The number of hydrogen-bond acceptors (Lipinski definition) is 6. The Bertz CT molecular complexity index is 893. The fraction of sp³-hybridized carbons (Fsp3) is 0.704. The van der Waals surface area contributed by atoms with E-state index in [-0.39, 0.29) is 35.9 Å². The van der Waals surface area contributed by atoms with Crippen LogP contribution in [0.4, 0.5) is 0 Å². The maximum absolute atomic E-state index is 12.3. The Labute approximate surface area is 233 Å². The molecule has 1 heterocycles. The number of benzene rings is 1. The lowest BCUT2D eigenvalue weighted by atomic mass is 9.78. The highest BCUT2D eigenvalue weighted by atomic mass is 35.5. The number of nitrogens with one attached hydrogen (secondary N) is 1. The van der Waals surface area contributed by atoms with Crippen molar-refractivity contribution in [3.63, 3.8) is 0 Å². The van der Waals surface area contributed by atoms with Gasteiger partial charge in [-0.15, -0.1) is 0 Å². The molecule has 0 spiro atoms. The van der Waals surface area contributed by atoms with E-state index in [9.17, 15) is 4.79 Å². The zero-order valence-electron chi connectivity index (χ0n) is 23.4. The molecule has 1 amide bonds. The standard InChI is InChI=1S/C26H43BCl2N2O3.CO2/c1-8-26(31(7)20(2)32,14-9-10-16-27-33-24(3,4)25(5,6)34-27)15-11-17-30-19-21-12-13-22(28)23(29)18-21;2-1-3/h12-13,18,30H,8-11,14-17,19H2,1-7H3;. The predicted octanol–water partition coefficient (Wildman–Crippen LogP) is 6.17. The van der Waals surface area contributed by atoms with Gasteiger partial charge in [0, 0.05) is 26.1 Å². The number of nitrogens with zero attached hydrogens (tertiary/aromatic N) is 1. The van der Waals surface area contributed by atoms with Gasteiger partial charge in [0.15, 0.2) is 0 Å². The number of amides is 1. The summed E-state index contributed by atoms with van der Waals surface area (Å²) in [6.07, 6.45) is 7.04. The molecule has 0 bridgehead atoms. The minimum absolute atomic E-state index is 0.122. The molecule has 1 saturated heterocycles. The van der Waals surface area contributed by atoms with Crippen molar-refractivity contribution in [2.24, 2.45) is 0 Å². The molecule has 1 fully saturated rings. The van der Waals surface area contributed by atoms with Crippen molar-refractivity contribution >= 4 is 42.4 Å². The van der Waals surface area contributed by atoms with Crippen LogP contribution in [-0.4, -0.2) is 54.4 Å². The van der Waals surface area contributed by atoms with Crippen LogP contribution in [0.15, 0.2) is 18.2 Å². The van der Waals surface area contributed by atoms with Gasteiger partial charge in [0.25, 0.3) is 0 Å². The summed E-state index contributed by atoms with van der Waals surface area (Å²) in [6, 6.07) is 5.71. The minimum atomic E-state index is -0.288. The molecule has 1 aliphatic heterocycles. The molecule has 0 aliphatic carbocycles. The van der Waals surface area contributed by atoms with Crippen LogP contribution in [0.5, 0.6) is 0 Å². The summed E-state index contributed by atoms with van der Waals surface area (Å²) in [5.74, 6) is 0.122. The summed E-state index contributed by atoms with van der Waals surface area (Å²) in [7, 11) is 1.79. The molecule has 0 aromatic heterocycles. The van der Waals surface area contributed by atoms with Gasteiger partial charge in [-0.25, -0.2) is 0 Å². The molecule has 1 N–H and O–H groups in total. The first-order valence-electron chi connectivity index (χ1n) is 13.0. The third-order valence-corrected chi connectivity index (χ3v) is 8.52. The topological polar surface area (TPSA) is 84.9 Å². The largest absolute Gasteiger partial charge is 0.457 e. The number of unbranched alkanes of at least 4 members (excludes halogenated alkanes) is 1. The molecule has 2 rings (SSSR count). The van der Waals surface area contributed by atoms with Gasteiger partial charge in [0.2, 0.25) is 5.91 Å². The van der Waals surface area contributed by atoms with Gasteiger partial charge in [0.1, 0.15) is 0 Å². The Kier molecular flexibility index (Phi) is 13.9. The summed E-state index contributed by atoms with van der Waals surface area (Å²) in [5.41, 5.74) is 0.404. The van der Waals surface area contributed by atoms with Crippen molar-refractivity contribution in [3.8, 4) is 0 Å². The summed E-state index contributed by atoms with van der Waals surface area (Å²) >= 11 is 12.1. The van der Waals surface area contributed by atoms with Crippen LogP contribution >= 0.6 is 23.2 Å². The first-order valence-corrected chi connectivity index (χ1v) is 13.7. The van der Waals surface area contributed by atoms with Crippen molar-refractivity contribution in [1.29, 1.82) is 0 Å². The molecule has 7 nitrogen and oxygen atoms in total. The zero-order chi connectivity index (χ0) is 28.3. The van der Waals surface area contributed by atoms with Crippen LogP contribution in [0, 0.1) is 0 Å². The normalized spacial score (nSPS) is 17.4. The van der Waals surface area contributed by atoms with Gasteiger partial charge in [-0.3, -0.25) is 4.79 Å². The maximum atomic E-state index is 12.3. The molecule has 0 radical (unpaired) electrons. The van der Waals surface area contributed by atoms with Crippen LogP contribution in [0.2, 0.25) is 16.4 Å². The van der Waals surface area contributed by atoms with E-state index in [4.69, 9.17) is 42.1 Å². The van der Waals surface area contributed by atoms with E-state index in [1.165, 1.54) is 0 Å². The molecule has 1 aliphatic rings. The fourth-order valence-electron chi connectivity index (χ4n) is 4.66. The molecule has 1 aromatic rings. The van der Waals surface area contributed by atoms with Gasteiger partial charge < -0.3 is 19.5 Å². The van der Waals surface area contributed by atoms with Crippen LogP contribution in [0.3, 0.4) is 0 Å². The van der Waals surface area contributed by atoms with Crippen molar-refractivity contribution in [3.05, 3.63) is 33.8 Å². The lowest BCUT2D eigenvalue weighted by molar-refractivity contribution is -0.191. The molecule has 0 saturated carbocycles. The lowest BCUT2D eigenvalue weighted by Crippen LogP contribution is -2.48. The first kappa shape index (κ1) is 33.6. The summed E-state index contributed by atoms with van der Waals surface area (Å²) in [6.45, 7) is 13.8. The summed E-state index contributed by atoms with van der Waals surface area (Å²) < 4.78 is 12.3. The third-order valence-electron chi connectivity index (χ3n) is 7.78. The maximum Gasteiger partial charge on any atom is 0.457 e. The van der Waals surface area contributed by atoms with E-state index in [1.54, 1.807) is 6.92 Å². The molecule has 1 atom stereocenters. The van der Waals surface area contributed by atoms with E-state index in [1.807, 2.05) is 30.1 Å². The Morgan fingerprint density at radius 1 is 1.05 bits per heavy atom. The molecule has 208 valence electrons. The molecular formula is C27H43BCl2N2O5. The predicted molar refractivity (Wildman–Crippen MR) is 149 cm³/mol. The van der Waals surface area contributed by atoms with Crippen LogP contribution in [0.1, 0.15) is 85.6 Å². The van der Waals surface area contributed by atoms with Crippen molar-refractivity contribution in [2.75, 3.05) is 13.6 Å². The van der Waals surface area contributed by atoms with E-state index in [0.717, 1.165) is 63.5 Å². The minimum Gasteiger partial charge on any atom is -0.403 e. The monoisotopic (exact) mass is 556 g/mol. The van der Waals surface area contributed by atoms with Crippen molar-refractivity contribution < 1.29 is 23.7 Å². The van der Waals surface area contributed by atoms with Crippen molar-refractivity contribution in [2.45, 2.75) is 110 Å². The van der Waals surface area contributed by atoms with E-state index in [0.29, 0.717) is 10.0 Å². The Morgan fingerprint density at radius 2 is 1.62 bits per heavy atom. The molecule has 37 heavy (non-hydrogen) atoms. The lowest BCUT2D eigenvalue weighted by Gasteiger charge is -2.42. The van der Waals surface area contributed by atoms with Crippen molar-refractivity contribution in [1.82, 2.24) is 10.2 Å². The summed E-state index contributed by atoms with van der Waals surface area (Å²) in [4.78, 5) is 30.5. The van der Waals surface area contributed by atoms with Gasteiger partial charge in [-0.1, -0.05) is 49.0 Å². The van der Waals surface area contributed by atoms with Gasteiger partial charge in [0.05, 0.1) is 21.2 Å². The molecular weight excluding hydrogens is 514 g/mol. The van der Waals surface area contributed by atoms with Crippen LogP contribution < -0.4 is 5.32 Å². The molecule has 1 aromatic carbocycles. The zero-order valence-corrected chi connectivity index (χ0v) is 24.9. The Morgan fingerprint density at radius 3 is 2.14 bits per heavy atom. The third kappa shape index (κ3) is 10.0. The first-order chi connectivity index (χ1) is 17.2. The summed E-state index contributed by atoms with van der Waals surface area (Å²) in [5, 5.41) is 4.65. The van der Waals surface area contributed by atoms with E-state index < -0.39 is 0 Å².